The quantitative estimate of drug-likeness (QED) is 0.788. The predicted molar refractivity (Wildman–Crippen MR) is 72.9 cm³/mol. The highest BCUT2D eigenvalue weighted by atomic mass is 79.9. The van der Waals surface area contributed by atoms with Crippen LogP contribution in [0.4, 0.5) is 0 Å². The fraction of sp³-hybridized carbons (Fsp3) is 0.333. The second-order valence-electron chi connectivity index (χ2n) is 3.90. The molecule has 0 radical (unpaired) electrons. The van der Waals surface area contributed by atoms with E-state index in [1.165, 1.54) is 5.56 Å². The molecule has 5 heteroatoms. The third-order valence-electron chi connectivity index (χ3n) is 2.81. The van der Waals surface area contributed by atoms with Crippen molar-refractivity contribution in [3.8, 4) is 5.69 Å². The molecule has 0 spiro atoms. The van der Waals surface area contributed by atoms with Gasteiger partial charge in [-0.1, -0.05) is 18.5 Å². The molecule has 0 aromatic carbocycles. The van der Waals surface area contributed by atoms with Gasteiger partial charge >= 0.3 is 0 Å². The average Bonchev–Trinajstić information content (AvgIpc) is 2.62. The Morgan fingerprint density at radius 3 is 2.65 bits per heavy atom. The molecule has 2 heterocycles. The number of hydrogen-bond acceptors (Lipinski definition) is 2. The third-order valence-corrected chi connectivity index (χ3v) is 3.97. The molecule has 0 saturated carbocycles. The van der Waals surface area contributed by atoms with E-state index < -0.39 is 0 Å². The van der Waals surface area contributed by atoms with Gasteiger partial charge in [-0.2, -0.15) is 5.10 Å². The first-order valence-electron chi connectivity index (χ1n) is 5.40. The minimum absolute atomic E-state index is 0.563. The number of halogens is 2. The van der Waals surface area contributed by atoms with Crippen molar-refractivity contribution in [3.63, 3.8) is 0 Å². The van der Waals surface area contributed by atoms with E-state index in [9.17, 15) is 0 Å². The molecular formula is C12H13BrClN3. The molecule has 0 aliphatic rings. The van der Waals surface area contributed by atoms with E-state index in [1.54, 1.807) is 6.20 Å². The van der Waals surface area contributed by atoms with Gasteiger partial charge in [0.05, 0.1) is 22.1 Å². The van der Waals surface area contributed by atoms with E-state index >= 15 is 0 Å². The molecule has 2 aromatic heterocycles. The number of rotatable bonds is 2. The minimum atomic E-state index is 0.563. The maximum absolute atomic E-state index is 6.04. The maximum Gasteiger partial charge on any atom is 0.132 e. The molecule has 17 heavy (non-hydrogen) atoms. The largest absolute Gasteiger partial charge is 0.242 e. The molecule has 0 amide bonds. The summed E-state index contributed by atoms with van der Waals surface area (Å²) in [5, 5.41) is 5.01. The predicted octanol–water partition coefficient (Wildman–Crippen LogP) is 3.86. The highest BCUT2D eigenvalue weighted by Crippen LogP contribution is 2.25. The van der Waals surface area contributed by atoms with E-state index in [1.807, 2.05) is 24.7 Å². The molecule has 0 fully saturated rings. The van der Waals surface area contributed by atoms with Gasteiger partial charge in [-0.25, -0.2) is 9.67 Å². The van der Waals surface area contributed by atoms with Gasteiger partial charge in [0.1, 0.15) is 5.15 Å². The SMILES string of the molecule is CCc1c(-n2cc(Br)c(C)n2)cnc(Cl)c1C. The van der Waals surface area contributed by atoms with Crippen molar-refractivity contribution in [2.45, 2.75) is 27.2 Å². The number of hydrogen-bond donors (Lipinski definition) is 0. The van der Waals surface area contributed by atoms with Crippen LogP contribution in [0.5, 0.6) is 0 Å². The lowest BCUT2D eigenvalue weighted by Gasteiger charge is -2.11. The zero-order chi connectivity index (χ0) is 12.6. The fourth-order valence-electron chi connectivity index (χ4n) is 1.82. The molecule has 0 atom stereocenters. The van der Waals surface area contributed by atoms with Crippen LogP contribution in [-0.2, 0) is 6.42 Å². The van der Waals surface area contributed by atoms with Crippen molar-refractivity contribution in [2.75, 3.05) is 0 Å². The molecule has 90 valence electrons. The lowest BCUT2D eigenvalue weighted by Crippen LogP contribution is -2.03. The summed E-state index contributed by atoms with van der Waals surface area (Å²) < 4.78 is 2.83. The van der Waals surface area contributed by atoms with Gasteiger partial charge in [0.25, 0.3) is 0 Å². The lowest BCUT2D eigenvalue weighted by molar-refractivity contribution is 0.837. The van der Waals surface area contributed by atoms with Crippen LogP contribution in [0.3, 0.4) is 0 Å². The summed E-state index contributed by atoms with van der Waals surface area (Å²) in [6.45, 7) is 6.05. The van der Waals surface area contributed by atoms with Gasteiger partial charge in [0, 0.05) is 6.20 Å². The van der Waals surface area contributed by atoms with Gasteiger partial charge in [0.2, 0.25) is 0 Å². The molecular weight excluding hydrogens is 302 g/mol. The summed E-state index contributed by atoms with van der Waals surface area (Å²) in [5.74, 6) is 0. The molecule has 0 aliphatic carbocycles. The Morgan fingerprint density at radius 1 is 1.41 bits per heavy atom. The van der Waals surface area contributed by atoms with E-state index in [2.05, 4.69) is 32.9 Å². The van der Waals surface area contributed by atoms with Crippen molar-refractivity contribution in [3.05, 3.63) is 38.8 Å². The van der Waals surface area contributed by atoms with Crippen molar-refractivity contribution in [1.82, 2.24) is 14.8 Å². The van der Waals surface area contributed by atoms with Crippen LogP contribution in [0.1, 0.15) is 23.7 Å². The number of aromatic nitrogens is 3. The van der Waals surface area contributed by atoms with Crippen LogP contribution in [0, 0.1) is 13.8 Å². The summed E-state index contributed by atoms with van der Waals surface area (Å²) in [6.07, 6.45) is 4.62. The van der Waals surface area contributed by atoms with E-state index in [0.29, 0.717) is 5.15 Å². The normalized spacial score (nSPS) is 10.9. The van der Waals surface area contributed by atoms with Crippen LogP contribution < -0.4 is 0 Å². The topological polar surface area (TPSA) is 30.7 Å². The molecule has 0 bridgehead atoms. The van der Waals surface area contributed by atoms with Crippen LogP contribution in [0.2, 0.25) is 5.15 Å². The summed E-state index contributed by atoms with van der Waals surface area (Å²) in [7, 11) is 0. The van der Waals surface area contributed by atoms with E-state index in [0.717, 1.165) is 27.8 Å². The first kappa shape index (κ1) is 12.6. The van der Waals surface area contributed by atoms with Crippen LogP contribution in [0.25, 0.3) is 5.69 Å². The van der Waals surface area contributed by atoms with Gasteiger partial charge < -0.3 is 0 Å². The van der Waals surface area contributed by atoms with Crippen LogP contribution in [-0.4, -0.2) is 14.8 Å². The molecule has 2 rings (SSSR count). The summed E-state index contributed by atoms with van der Waals surface area (Å²) >= 11 is 9.50. The number of aryl methyl sites for hydroxylation is 1. The summed E-state index contributed by atoms with van der Waals surface area (Å²) in [5.41, 5.74) is 4.15. The highest BCUT2D eigenvalue weighted by Gasteiger charge is 2.12. The molecule has 0 unspecified atom stereocenters. The standard InChI is InChI=1S/C12H13BrClN3/c1-4-9-7(2)12(14)15-5-11(9)17-6-10(13)8(3)16-17/h5-6H,4H2,1-3H3. The molecule has 3 nitrogen and oxygen atoms in total. The van der Waals surface area contributed by atoms with Crippen LogP contribution in [0.15, 0.2) is 16.9 Å². The third kappa shape index (κ3) is 2.24. The Balaban J connectivity index is 2.63. The summed E-state index contributed by atoms with van der Waals surface area (Å²) in [6, 6.07) is 0. The van der Waals surface area contributed by atoms with Crippen LogP contribution >= 0.6 is 27.5 Å². The Labute approximate surface area is 114 Å². The number of pyridine rings is 1. The monoisotopic (exact) mass is 313 g/mol. The summed E-state index contributed by atoms with van der Waals surface area (Å²) in [4.78, 5) is 4.19. The Kier molecular flexibility index (Phi) is 3.54. The fourth-order valence-corrected chi connectivity index (χ4v) is 2.25. The molecule has 2 aromatic rings. The Morgan fingerprint density at radius 2 is 2.12 bits per heavy atom. The minimum Gasteiger partial charge on any atom is -0.242 e. The van der Waals surface area contributed by atoms with Gasteiger partial charge in [-0.15, -0.1) is 0 Å². The Bertz CT molecular complexity index is 544. The maximum atomic E-state index is 6.04. The molecule has 0 aliphatic heterocycles. The van der Waals surface area contributed by atoms with E-state index in [-0.39, 0.29) is 0 Å². The van der Waals surface area contributed by atoms with Gasteiger partial charge in [-0.05, 0) is 47.3 Å². The van der Waals surface area contributed by atoms with Gasteiger partial charge in [0.15, 0.2) is 0 Å². The molecule has 0 saturated heterocycles. The second kappa shape index (κ2) is 4.78. The van der Waals surface area contributed by atoms with Crippen molar-refractivity contribution < 1.29 is 0 Å². The zero-order valence-corrected chi connectivity index (χ0v) is 12.3. The number of nitrogens with zero attached hydrogens (tertiary/aromatic N) is 3. The van der Waals surface area contributed by atoms with E-state index in [4.69, 9.17) is 11.6 Å². The van der Waals surface area contributed by atoms with Crippen molar-refractivity contribution >= 4 is 27.5 Å². The van der Waals surface area contributed by atoms with Gasteiger partial charge in [-0.3, -0.25) is 0 Å². The highest BCUT2D eigenvalue weighted by molar-refractivity contribution is 9.10. The first-order valence-corrected chi connectivity index (χ1v) is 6.57. The molecule has 0 N–H and O–H groups in total. The zero-order valence-electron chi connectivity index (χ0n) is 9.96. The van der Waals surface area contributed by atoms with Crippen molar-refractivity contribution in [2.24, 2.45) is 0 Å². The second-order valence-corrected chi connectivity index (χ2v) is 5.11. The Hall–Kier alpha value is -0.870. The smallest absolute Gasteiger partial charge is 0.132 e. The van der Waals surface area contributed by atoms with Crippen molar-refractivity contribution in [1.29, 1.82) is 0 Å². The lowest BCUT2D eigenvalue weighted by atomic mass is 10.1. The first-order chi connectivity index (χ1) is 8.04. The average molecular weight is 315 g/mol.